The van der Waals surface area contributed by atoms with Gasteiger partial charge in [0.15, 0.2) is 8.32 Å². The summed E-state index contributed by atoms with van der Waals surface area (Å²) in [6.07, 6.45) is 4.19. The van der Waals surface area contributed by atoms with E-state index in [1.54, 1.807) is 7.11 Å². The maximum absolute atomic E-state index is 6.74. The zero-order valence-corrected chi connectivity index (χ0v) is 19.7. The van der Waals surface area contributed by atoms with Crippen LogP contribution in [0.3, 0.4) is 0 Å². The van der Waals surface area contributed by atoms with Gasteiger partial charge in [-0.1, -0.05) is 52.8 Å². The average molecular weight is 393 g/mol. The molecule has 1 rings (SSSR count). The standard InChI is InChI=1S/C23H40O3Si/c1-10-18(3)22(26-27(8,9)23(4,5)6)16-20(11-2)25-17-19-12-14-21(24-7)15-13-19/h10,12-15,18,20,22H,1,11,16-17H2,2-9H3/t18-,20+,22-/m0/s1. The molecule has 0 aliphatic rings. The van der Waals surface area contributed by atoms with E-state index >= 15 is 0 Å². The molecule has 4 heteroatoms. The predicted octanol–water partition coefficient (Wildman–Crippen LogP) is 6.59. The highest BCUT2D eigenvalue weighted by atomic mass is 28.4. The van der Waals surface area contributed by atoms with Crippen LogP contribution in [0.4, 0.5) is 0 Å². The van der Waals surface area contributed by atoms with Crippen LogP contribution < -0.4 is 4.74 Å². The molecule has 3 nitrogen and oxygen atoms in total. The third kappa shape index (κ3) is 7.44. The third-order valence-corrected chi connectivity index (χ3v) is 10.3. The number of hydrogen-bond donors (Lipinski definition) is 0. The van der Waals surface area contributed by atoms with E-state index in [9.17, 15) is 0 Å². The van der Waals surface area contributed by atoms with Gasteiger partial charge in [0.25, 0.3) is 0 Å². The summed E-state index contributed by atoms with van der Waals surface area (Å²) in [4.78, 5) is 0. The highest BCUT2D eigenvalue weighted by Crippen LogP contribution is 2.39. The minimum absolute atomic E-state index is 0.143. The fraction of sp³-hybridized carbons (Fsp3) is 0.652. The maximum atomic E-state index is 6.74. The van der Waals surface area contributed by atoms with Gasteiger partial charge in [-0.2, -0.15) is 0 Å². The lowest BCUT2D eigenvalue weighted by molar-refractivity contribution is -0.00250. The Kier molecular flexibility index (Phi) is 9.26. The highest BCUT2D eigenvalue weighted by Gasteiger charge is 2.40. The molecule has 0 radical (unpaired) electrons. The van der Waals surface area contributed by atoms with E-state index in [4.69, 9.17) is 13.9 Å². The smallest absolute Gasteiger partial charge is 0.192 e. The Bertz CT molecular complexity index is 560. The Labute approximate surface area is 168 Å². The zero-order valence-electron chi connectivity index (χ0n) is 18.7. The molecule has 0 spiro atoms. The van der Waals surface area contributed by atoms with Gasteiger partial charge in [0.05, 0.1) is 25.9 Å². The lowest BCUT2D eigenvalue weighted by Gasteiger charge is -2.41. The molecule has 0 aliphatic heterocycles. The highest BCUT2D eigenvalue weighted by molar-refractivity contribution is 6.74. The molecule has 0 aromatic heterocycles. The van der Waals surface area contributed by atoms with Crippen LogP contribution in [0.1, 0.15) is 53.0 Å². The van der Waals surface area contributed by atoms with Crippen molar-refractivity contribution in [2.24, 2.45) is 5.92 Å². The second-order valence-electron chi connectivity index (χ2n) is 8.94. The summed E-state index contributed by atoms with van der Waals surface area (Å²) in [5.74, 6) is 1.17. The molecule has 1 aromatic carbocycles. The molecule has 0 heterocycles. The zero-order chi connectivity index (χ0) is 20.7. The quantitative estimate of drug-likeness (QED) is 0.314. The van der Waals surface area contributed by atoms with E-state index in [0.29, 0.717) is 12.5 Å². The summed E-state index contributed by atoms with van der Waals surface area (Å²) in [6, 6.07) is 8.06. The van der Waals surface area contributed by atoms with E-state index in [-0.39, 0.29) is 17.2 Å². The number of benzene rings is 1. The van der Waals surface area contributed by atoms with Gasteiger partial charge in [0.1, 0.15) is 5.75 Å². The number of hydrogen-bond acceptors (Lipinski definition) is 3. The van der Waals surface area contributed by atoms with Crippen molar-refractivity contribution in [3.05, 3.63) is 42.5 Å². The molecule has 1 aromatic rings. The number of methoxy groups -OCH3 is 1. The van der Waals surface area contributed by atoms with E-state index in [1.807, 2.05) is 18.2 Å². The summed E-state index contributed by atoms with van der Waals surface area (Å²) in [7, 11) is -0.159. The van der Waals surface area contributed by atoms with Gasteiger partial charge in [-0.15, -0.1) is 6.58 Å². The van der Waals surface area contributed by atoms with Crippen molar-refractivity contribution in [3.8, 4) is 5.75 Å². The molecule has 0 bridgehead atoms. The fourth-order valence-electron chi connectivity index (χ4n) is 2.62. The second-order valence-corrected chi connectivity index (χ2v) is 13.7. The molecule has 0 unspecified atom stereocenters. The van der Waals surface area contributed by atoms with Crippen molar-refractivity contribution >= 4 is 8.32 Å². The summed E-state index contributed by atoms with van der Waals surface area (Å²) in [5, 5.41) is 0.192. The molecule has 154 valence electrons. The topological polar surface area (TPSA) is 27.7 Å². The van der Waals surface area contributed by atoms with Crippen LogP contribution in [-0.2, 0) is 15.8 Å². The first-order chi connectivity index (χ1) is 12.5. The summed E-state index contributed by atoms with van der Waals surface area (Å²) in [6.45, 7) is 20.5. The van der Waals surface area contributed by atoms with Crippen molar-refractivity contribution in [1.29, 1.82) is 0 Å². The normalized spacial score (nSPS) is 15.9. The minimum atomic E-state index is -1.84. The Hall–Kier alpha value is -1.10. The van der Waals surface area contributed by atoms with Crippen LogP contribution in [0.2, 0.25) is 18.1 Å². The Morgan fingerprint density at radius 1 is 1.15 bits per heavy atom. The summed E-state index contributed by atoms with van der Waals surface area (Å²) >= 11 is 0. The van der Waals surface area contributed by atoms with Crippen molar-refractivity contribution in [2.45, 2.75) is 84.4 Å². The molecule has 27 heavy (non-hydrogen) atoms. The molecule has 0 fully saturated rings. The van der Waals surface area contributed by atoms with Crippen LogP contribution in [0.15, 0.2) is 36.9 Å². The monoisotopic (exact) mass is 392 g/mol. The van der Waals surface area contributed by atoms with Crippen LogP contribution >= 0.6 is 0 Å². The van der Waals surface area contributed by atoms with Crippen molar-refractivity contribution < 1.29 is 13.9 Å². The summed E-state index contributed by atoms with van der Waals surface area (Å²) in [5.41, 5.74) is 1.16. The molecule has 0 saturated heterocycles. The Morgan fingerprint density at radius 3 is 2.19 bits per heavy atom. The van der Waals surface area contributed by atoms with Crippen molar-refractivity contribution in [2.75, 3.05) is 7.11 Å². The molecule has 3 atom stereocenters. The van der Waals surface area contributed by atoms with Crippen LogP contribution in [-0.4, -0.2) is 27.6 Å². The van der Waals surface area contributed by atoms with Gasteiger partial charge in [-0.3, -0.25) is 0 Å². The molecule has 0 saturated carbocycles. The lowest BCUT2D eigenvalue weighted by Crippen LogP contribution is -2.46. The average Bonchev–Trinajstić information content (AvgIpc) is 2.62. The Balaban J connectivity index is 2.76. The largest absolute Gasteiger partial charge is 0.497 e. The van der Waals surface area contributed by atoms with Crippen LogP contribution in [0, 0.1) is 5.92 Å². The van der Waals surface area contributed by atoms with Crippen molar-refractivity contribution in [3.63, 3.8) is 0 Å². The molecular formula is C23H40O3Si. The molecular weight excluding hydrogens is 352 g/mol. The van der Waals surface area contributed by atoms with Crippen LogP contribution in [0.5, 0.6) is 5.75 Å². The molecule has 0 aliphatic carbocycles. The lowest BCUT2D eigenvalue weighted by atomic mass is 9.98. The Morgan fingerprint density at radius 2 is 1.74 bits per heavy atom. The van der Waals surface area contributed by atoms with Crippen molar-refractivity contribution in [1.82, 2.24) is 0 Å². The molecule has 0 N–H and O–H groups in total. The van der Waals surface area contributed by atoms with Gasteiger partial charge in [0, 0.05) is 0 Å². The van der Waals surface area contributed by atoms with Gasteiger partial charge >= 0.3 is 0 Å². The van der Waals surface area contributed by atoms with Gasteiger partial charge in [-0.05, 0) is 54.6 Å². The van der Waals surface area contributed by atoms with E-state index in [2.05, 4.69) is 66.4 Å². The SMILES string of the molecule is C=C[C@H](C)[C@H](C[C@@H](CC)OCc1ccc(OC)cc1)O[Si](C)(C)C(C)(C)C. The first-order valence-electron chi connectivity index (χ1n) is 10.1. The first-order valence-corrected chi connectivity index (χ1v) is 13.0. The minimum Gasteiger partial charge on any atom is -0.497 e. The first kappa shape index (κ1) is 23.9. The van der Waals surface area contributed by atoms with E-state index in [0.717, 1.165) is 24.2 Å². The molecule has 0 amide bonds. The fourth-order valence-corrected chi connectivity index (χ4v) is 4.05. The second kappa shape index (κ2) is 10.4. The number of rotatable bonds is 11. The van der Waals surface area contributed by atoms with Gasteiger partial charge in [0.2, 0.25) is 0 Å². The maximum Gasteiger partial charge on any atom is 0.192 e. The predicted molar refractivity (Wildman–Crippen MR) is 118 cm³/mol. The van der Waals surface area contributed by atoms with E-state index in [1.165, 1.54) is 0 Å². The van der Waals surface area contributed by atoms with Crippen LogP contribution in [0.25, 0.3) is 0 Å². The third-order valence-electron chi connectivity index (χ3n) is 5.81. The van der Waals surface area contributed by atoms with Gasteiger partial charge in [-0.25, -0.2) is 0 Å². The van der Waals surface area contributed by atoms with Gasteiger partial charge < -0.3 is 13.9 Å². The van der Waals surface area contributed by atoms with E-state index < -0.39 is 8.32 Å². The number of ether oxygens (including phenoxy) is 2. The summed E-state index contributed by atoms with van der Waals surface area (Å²) < 4.78 is 18.2.